The van der Waals surface area contributed by atoms with Crippen molar-refractivity contribution in [2.45, 2.75) is 56.5 Å². The summed E-state index contributed by atoms with van der Waals surface area (Å²) in [5.41, 5.74) is 2.17. The van der Waals surface area contributed by atoms with E-state index >= 15 is 4.39 Å². The Kier molecular flexibility index (Phi) is 7.32. The first kappa shape index (κ1) is 27.3. The summed E-state index contributed by atoms with van der Waals surface area (Å²) in [5.74, 6) is 0.236. The minimum absolute atomic E-state index is 0.0141. The van der Waals surface area contributed by atoms with Crippen LogP contribution in [0.2, 0.25) is 0 Å². The Balaban J connectivity index is 1.36. The lowest BCUT2D eigenvalue weighted by molar-refractivity contribution is 0.107. The minimum atomic E-state index is -0.513. The van der Waals surface area contributed by atoms with Gasteiger partial charge in [0.25, 0.3) is 0 Å². The number of aromatic nitrogens is 2. The van der Waals surface area contributed by atoms with Crippen LogP contribution < -0.4 is 9.64 Å². The maximum absolute atomic E-state index is 16.7. The van der Waals surface area contributed by atoms with Crippen molar-refractivity contribution in [1.29, 1.82) is 0 Å². The van der Waals surface area contributed by atoms with E-state index in [2.05, 4.69) is 14.8 Å². The molecule has 5 heterocycles. The van der Waals surface area contributed by atoms with E-state index in [1.807, 2.05) is 24.3 Å². The van der Waals surface area contributed by atoms with Crippen LogP contribution in [0.4, 0.5) is 10.2 Å². The van der Waals surface area contributed by atoms with Gasteiger partial charge in [0.2, 0.25) is 0 Å². The quantitative estimate of drug-likeness (QED) is 0.426. The average molecular weight is 572 g/mol. The molecule has 0 radical (unpaired) electrons. The van der Waals surface area contributed by atoms with E-state index in [4.69, 9.17) is 19.4 Å². The summed E-state index contributed by atoms with van der Waals surface area (Å²) in [6.45, 7) is 4.73. The first-order valence-electron chi connectivity index (χ1n) is 15.2. The van der Waals surface area contributed by atoms with Crippen molar-refractivity contribution in [3.05, 3.63) is 53.2 Å². The van der Waals surface area contributed by atoms with Gasteiger partial charge in [0.1, 0.15) is 29.7 Å². The average Bonchev–Trinajstić information content (AvgIpc) is 3.43. The lowest BCUT2D eigenvalue weighted by atomic mass is 9.95. The minimum Gasteiger partial charge on any atom is -0.508 e. The van der Waals surface area contributed by atoms with Crippen molar-refractivity contribution >= 4 is 34.2 Å². The van der Waals surface area contributed by atoms with Crippen molar-refractivity contribution in [1.82, 2.24) is 14.9 Å². The van der Waals surface area contributed by atoms with Gasteiger partial charge in [-0.3, -0.25) is 9.89 Å². The zero-order valence-electron chi connectivity index (χ0n) is 24.2. The summed E-state index contributed by atoms with van der Waals surface area (Å²) in [6.07, 6.45) is 8.36. The van der Waals surface area contributed by atoms with E-state index in [-0.39, 0.29) is 29.0 Å². The zero-order valence-corrected chi connectivity index (χ0v) is 24.2. The highest BCUT2D eigenvalue weighted by molar-refractivity contribution is 6.09. The van der Waals surface area contributed by atoms with Gasteiger partial charge in [-0.05, 0) is 92.6 Å². The van der Waals surface area contributed by atoms with Crippen molar-refractivity contribution in [3.63, 3.8) is 0 Å². The van der Waals surface area contributed by atoms with Gasteiger partial charge >= 0.3 is 6.01 Å². The topological polar surface area (TPSA) is 83.3 Å². The molecule has 4 aliphatic rings. The molecule has 0 bridgehead atoms. The van der Waals surface area contributed by atoms with Crippen molar-refractivity contribution < 1.29 is 19.0 Å². The molecule has 8 nitrogen and oxygen atoms in total. The molecule has 0 aliphatic carbocycles. The monoisotopic (exact) mass is 571 g/mol. The van der Waals surface area contributed by atoms with Crippen LogP contribution >= 0.6 is 0 Å². The number of halogens is 1. The standard InChI is InChI=1S/C33H38FN5O3/c1-35-28-10-9-24-20-41-16-6-15-39(24)31-29(28)30(27(34)19-23-18-25(40)17-22-7-2-3-8-26(22)23)36-32(37-31)42-21-33-11-4-13-38(33)14-5-12-33/h2-3,7-8,17-19,24,40H,4-6,9-16,20-21H2,1H3/b27-19-,35-28?. The van der Waals surface area contributed by atoms with Gasteiger partial charge in [-0.1, -0.05) is 24.3 Å². The fourth-order valence-electron chi connectivity index (χ4n) is 7.45. The smallest absolute Gasteiger partial charge is 0.319 e. The van der Waals surface area contributed by atoms with Crippen LogP contribution in [0.3, 0.4) is 0 Å². The van der Waals surface area contributed by atoms with E-state index in [9.17, 15) is 5.11 Å². The van der Waals surface area contributed by atoms with Crippen LogP contribution in [0, 0.1) is 0 Å². The van der Waals surface area contributed by atoms with E-state index < -0.39 is 5.83 Å². The summed E-state index contributed by atoms with van der Waals surface area (Å²) in [7, 11) is 1.75. The Morgan fingerprint density at radius 3 is 2.83 bits per heavy atom. The molecule has 0 spiro atoms. The van der Waals surface area contributed by atoms with E-state index in [0.717, 1.165) is 61.8 Å². The molecule has 0 saturated carbocycles. The number of phenolic OH excluding ortho intramolecular Hbond substituents is 1. The molecule has 3 aromatic rings. The van der Waals surface area contributed by atoms with E-state index in [1.54, 1.807) is 19.2 Å². The van der Waals surface area contributed by atoms with Crippen molar-refractivity contribution in [2.75, 3.05) is 51.4 Å². The van der Waals surface area contributed by atoms with Gasteiger partial charge in [-0.25, -0.2) is 4.39 Å². The molecule has 220 valence electrons. The fraction of sp³-hybridized carbons (Fsp3) is 0.485. The molecule has 1 N–H and O–H groups in total. The van der Waals surface area contributed by atoms with Crippen molar-refractivity contribution in [3.8, 4) is 11.8 Å². The predicted octanol–water partition coefficient (Wildman–Crippen LogP) is 5.62. The number of nitrogens with zero attached hydrogens (tertiary/aromatic N) is 5. The van der Waals surface area contributed by atoms with Gasteiger partial charge in [0.05, 0.1) is 23.8 Å². The van der Waals surface area contributed by atoms with Crippen LogP contribution in [0.15, 0.2) is 41.4 Å². The SMILES string of the molecule is CN=C1CCC2COCCCN2c2nc(OCC34CCCN3CCC4)nc(/C(F)=C/c3cc(O)cc4ccccc34)c21. The Morgan fingerprint density at radius 1 is 1.17 bits per heavy atom. The first-order valence-corrected chi connectivity index (χ1v) is 15.2. The molecule has 3 saturated heterocycles. The highest BCUT2D eigenvalue weighted by Crippen LogP contribution is 2.40. The molecule has 42 heavy (non-hydrogen) atoms. The number of rotatable bonds is 5. The summed E-state index contributed by atoms with van der Waals surface area (Å²) in [5, 5.41) is 12.1. The molecule has 1 unspecified atom stereocenters. The van der Waals surface area contributed by atoms with Gasteiger partial charge in [-0.2, -0.15) is 9.97 Å². The second-order valence-corrected chi connectivity index (χ2v) is 12.0. The largest absolute Gasteiger partial charge is 0.508 e. The van der Waals surface area contributed by atoms with Crippen LogP contribution in [0.25, 0.3) is 22.7 Å². The van der Waals surface area contributed by atoms with Crippen LogP contribution in [0.5, 0.6) is 11.8 Å². The Bertz CT molecular complexity index is 1550. The molecular formula is C33H38FN5O3. The number of ether oxygens (including phenoxy) is 2. The third-order valence-electron chi connectivity index (χ3n) is 9.52. The first-order chi connectivity index (χ1) is 20.5. The molecule has 1 atom stereocenters. The maximum atomic E-state index is 16.7. The number of fused-ring (bicyclic) bond motifs is 5. The lowest BCUT2D eigenvalue weighted by Gasteiger charge is -2.32. The summed E-state index contributed by atoms with van der Waals surface area (Å²) >= 11 is 0. The summed E-state index contributed by atoms with van der Waals surface area (Å²) in [4.78, 5) is 19.2. The third kappa shape index (κ3) is 4.92. The van der Waals surface area contributed by atoms with Gasteiger partial charge in [-0.15, -0.1) is 0 Å². The maximum Gasteiger partial charge on any atom is 0.319 e. The second-order valence-electron chi connectivity index (χ2n) is 12.0. The molecular weight excluding hydrogens is 533 g/mol. The number of hydrogen-bond acceptors (Lipinski definition) is 8. The molecule has 9 heteroatoms. The number of hydrogen-bond donors (Lipinski definition) is 1. The van der Waals surface area contributed by atoms with Crippen LogP contribution in [-0.4, -0.2) is 83.8 Å². The number of aliphatic imine (C=N–C) groups is 1. The second kappa shape index (κ2) is 11.3. The number of anilines is 1. The lowest BCUT2D eigenvalue weighted by Crippen LogP contribution is -2.43. The highest BCUT2D eigenvalue weighted by Gasteiger charge is 2.45. The van der Waals surface area contributed by atoms with Gasteiger partial charge in [0.15, 0.2) is 0 Å². The fourth-order valence-corrected chi connectivity index (χ4v) is 7.45. The van der Waals surface area contributed by atoms with Gasteiger partial charge < -0.3 is 19.5 Å². The Morgan fingerprint density at radius 2 is 2.00 bits per heavy atom. The summed E-state index contributed by atoms with van der Waals surface area (Å²) in [6, 6.07) is 11.2. The third-order valence-corrected chi connectivity index (χ3v) is 9.52. The number of benzene rings is 2. The van der Waals surface area contributed by atoms with E-state index in [0.29, 0.717) is 43.2 Å². The van der Waals surface area contributed by atoms with E-state index in [1.165, 1.54) is 18.9 Å². The normalized spacial score (nSPS) is 23.4. The Hall–Kier alpha value is -3.56. The molecule has 2 aromatic carbocycles. The molecule has 1 aromatic heterocycles. The summed E-state index contributed by atoms with van der Waals surface area (Å²) < 4.78 is 29.0. The van der Waals surface area contributed by atoms with Gasteiger partial charge in [0, 0.05) is 25.9 Å². The molecule has 4 aliphatic heterocycles. The van der Waals surface area contributed by atoms with Crippen molar-refractivity contribution in [2.24, 2.45) is 4.99 Å². The highest BCUT2D eigenvalue weighted by atomic mass is 19.1. The molecule has 3 fully saturated rings. The zero-order chi connectivity index (χ0) is 28.7. The Labute approximate surface area is 245 Å². The van der Waals surface area contributed by atoms with Crippen LogP contribution in [0.1, 0.15) is 61.8 Å². The number of aromatic hydroxyl groups is 1. The molecule has 7 rings (SSSR count). The number of phenols is 1. The van der Waals surface area contributed by atoms with Crippen LogP contribution in [-0.2, 0) is 4.74 Å². The molecule has 0 amide bonds. The predicted molar refractivity (Wildman–Crippen MR) is 163 cm³/mol.